The average Bonchev–Trinajstić information content (AvgIpc) is 3.36. The van der Waals surface area contributed by atoms with Crippen molar-refractivity contribution in [1.29, 1.82) is 0 Å². The van der Waals surface area contributed by atoms with Crippen molar-refractivity contribution >= 4 is 17.0 Å². The van der Waals surface area contributed by atoms with Crippen LogP contribution in [0, 0.1) is 6.92 Å². The van der Waals surface area contributed by atoms with Crippen LogP contribution in [0.25, 0.3) is 27.8 Å². The first-order valence-electron chi connectivity index (χ1n) is 12.5. The van der Waals surface area contributed by atoms with Crippen LogP contribution in [0.1, 0.15) is 46.8 Å². The Bertz CT molecular complexity index is 1540. The number of hydrogen-bond donors (Lipinski definition) is 1. The molecule has 5 rings (SSSR count). The van der Waals surface area contributed by atoms with Crippen molar-refractivity contribution in [2.24, 2.45) is 0 Å². The fourth-order valence-corrected chi connectivity index (χ4v) is 4.35. The van der Waals surface area contributed by atoms with E-state index in [1.165, 1.54) is 4.80 Å². The van der Waals surface area contributed by atoms with Crippen molar-refractivity contribution in [3.05, 3.63) is 107 Å². The number of aryl methyl sites for hydroxylation is 2. The Labute approximate surface area is 216 Å². The minimum Gasteiger partial charge on any atom is -0.505 e. The van der Waals surface area contributed by atoms with Crippen LogP contribution in [0.2, 0.25) is 0 Å². The summed E-state index contributed by atoms with van der Waals surface area (Å²) in [5.74, 6) is -0.126. The molecule has 0 bridgehead atoms. The second-order valence-electron chi connectivity index (χ2n) is 9.23. The number of hydrogen-bond acceptors (Lipinski definition) is 5. The molecular formula is C31H29N3O3. The molecule has 5 aromatic rings. The predicted molar refractivity (Wildman–Crippen MR) is 145 cm³/mol. The number of carbonyl (C=O) groups is 1. The summed E-state index contributed by atoms with van der Waals surface area (Å²) < 4.78 is 5.43. The van der Waals surface area contributed by atoms with E-state index in [4.69, 9.17) is 4.74 Å². The molecule has 0 radical (unpaired) electrons. The number of aromatic nitrogens is 3. The second-order valence-corrected chi connectivity index (χ2v) is 9.23. The Kier molecular flexibility index (Phi) is 6.99. The minimum atomic E-state index is -0.356. The van der Waals surface area contributed by atoms with Gasteiger partial charge in [0.05, 0.1) is 5.56 Å². The highest BCUT2D eigenvalue weighted by Crippen LogP contribution is 2.30. The third kappa shape index (κ3) is 5.38. The topological polar surface area (TPSA) is 77.2 Å². The van der Waals surface area contributed by atoms with Gasteiger partial charge in [-0.2, -0.15) is 0 Å². The van der Waals surface area contributed by atoms with E-state index in [9.17, 15) is 9.90 Å². The summed E-state index contributed by atoms with van der Waals surface area (Å²) in [6.07, 6.45) is 2.89. The highest BCUT2D eigenvalue weighted by molar-refractivity contribution is 5.90. The van der Waals surface area contributed by atoms with Gasteiger partial charge in [0.2, 0.25) is 0 Å². The average molecular weight is 492 g/mol. The van der Waals surface area contributed by atoms with E-state index in [0.717, 1.165) is 58.1 Å². The quantitative estimate of drug-likeness (QED) is 0.242. The van der Waals surface area contributed by atoms with Crippen LogP contribution in [-0.2, 0) is 17.8 Å². The molecule has 186 valence electrons. The second kappa shape index (κ2) is 10.7. The van der Waals surface area contributed by atoms with Crippen LogP contribution in [-0.4, -0.2) is 26.1 Å². The molecule has 1 heterocycles. The molecule has 0 saturated carbocycles. The Balaban J connectivity index is 1.36. The van der Waals surface area contributed by atoms with Gasteiger partial charge in [-0.1, -0.05) is 67.9 Å². The minimum absolute atomic E-state index is 0.231. The lowest BCUT2D eigenvalue weighted by molar-refractivity contribution is 0.0472. The van der Waals surface area contributed by atoms with Crippen molar-refractivity contribution in [2.45, 2.75) is 39.7 Å². The smallest absolute Gasteiger partial charge is 0.338 e. The fraction of sp³-hybridized carbons (Fsp3) is 0.194. The molecule has 37 heavy (non-hydrogen) atoms. The van der Waals surface area contributed by atoms with Crippen molar-refractivity contribution < 1.29 is 14.6 Å². The maximum atomic E-state index is 12.4. The van der Waals surface area contributed by atoms with Crippen molar-refractivity contribution in [2.75, 3.05) is 0 Å². The number of ether oxygens (including phenoxy) is 1. The number of fused-ring (bicyclic) bond motifs is 1. The van der Waals surface area contributed by atoms with E-state index in [1.54, 1.807) is 12.1 Å². The van der Waals surface area contributed by atoms with Crippen LogP contribution < -0.4 is 0 Å². The fourth-order valence-electron chi connectivity index (χ4n) is 4.35. The Morgan fingerprint density at radius 1 is 0.892 bits per heavy atom. The molecular weight excluding hydrogens is 462 g/mol. The Morgan fingerprint density at radius 2 is 1.62 bits per heavy atom. The van der Waals surface area contributed by atoms with Crippen LogP contribution in [0.5, 0.6) is 5.75 Å². The maximum absolute atomic E-state index is 12.4. The molecule has 1 aromatic heterocycles. The van der Waals surface area contributed by atoms with E-state index in [2.05, 4.69) is 17.1 Å². The molecule has 0 fully saturated rings. The molecule has 0 atom stereocenters. The summed E-state index contributed by atoms with van der Waals surface area (Å²) in [4.78, 5) is 14.0. The normalized spacial score (nSPS) is 11.1. The number of benzene rings is 4. The number of nitrogens with zero attached hydrogens (tertiary/aromatic N) is 3. The maximum Gasteiger partial charge on any atom is 0.338 e. The predicted octanol–water partition coefficient (Wildman–Crippen LogP) is 6.80. The SMILES string of the molecule is CCCCc1cc(C)cc(-n2nc3ccc(-c4ccc(C(=O)OCc5ccccc5)cc4)cc3n2)c1O. The van der Waals surface area contributed by atoms with Gasteiger partial charge >= 0.3 is 5.97 Å². The zero-order valence-corrected chi connectivity index (χ0v) is 21.0. The van der Waals surface area contributed by atoms with E-state index in [-0.39, 0.29) is 18.3 Å². The molecule has 1 N–H and O–H groups in total. The monoisotopic (exact) mass is 491 g/mol. The number of aromatic hydroxyl groups is 1. The van der Waals surface area contributed by atoms with Gasteiger partial charge < -0.3 is 9.84 Å². The number of esters is 1. The van der Waals surface area contributed by atoms with Crippen LogP contribution >= 0.6 is 0 Å². The van der Waals surface area contributed by atoms with Gasteiger partial charge in [0, 0.05) is 0 Å². The van der Waals surface area contributed by atoms with Crippen LogP contribution in [0.4, 0.5) is 0 Å². The number of phenols is 1. The first-order chi connectivity index (χ1) is 18.0. The van der Waals surface area contributed by atoms with Gasteiger partial charge in [0.1, 0.15) is 29.1 Å². The summed E-state index contributed by atoms with van der Waals surface area (Å²) in [7, 11) is 0. The van der Waals surface area contributed by atoms with Crippen molar-refractivity contribution in [1.82, 2.24) is 15.0 Å². The van der Waals surface area contributed by atoms with Gasteiger partial charge in [-0.05, 0) is 77.9 Å². The largest absolute Gasteiger partial charge is 0.505 e. The Morgan fingerprint density at radius 3 is 2.38 bits per heavy atom. The molecule has 0 amide bonds. The van der Waals surface area contributed by atoms with E-state index >= 15 is 0 Å². The third-order valence-corrected chi connectivity index (χ3v) is 6.38. The molecule has 0 aliphatic carbocycles. The third-order valence-electron chi connectivity index (χ3n) is 6.38. The lowest BCUT2D eigenvalue weighted by Gasteiger charge is -2.10. The van der Waals surface area contributed by atoms with Crippen molar-refractivity contribution in [3.8, 4) is 22.6 Å². The van der Waals surface area contributed by atoms with Crippen LogP contribution in [0.15, 0.2) is 84.9 Å². The van der Waals surface area contributed by atoms with Crippen molar-refractivity contribution in [3.63, 3.8) is 0 Å². The van der Waals surface area contributed by atoms with E-state index < -0.39 is 0 Å². The zero-order chi connectivity index (χ0) is 25.8. The summed E-state index contributed by atoms with van der Waals surface area (Å²) in [5, 5.41) is 20.2. The first kappa shape index (κ1) is 24.3. The van der Waals surface area contributed by atoms with Gasteiger partial charge in [0.25, 0.3) is 0 Å². The molecule has 0 spiro atoms. The van der Waals surface area contributed by atoms with E-state index in [0.29, 0.717) is 11.3 Å². The summed E-state index contributed by atoms with van der Waals surface area (Å²) in [6, 6.07) is 26.7. The van der Waals surface area contributed by atoms with Gasteiger partial charge in [-0.25, -0.2) is 4.79 Å². The number of unbranched alkanes of at least 4 members (excludes halogenated alkanes) is 1. The van der Waals surface area contributed by atoms with Crippen LogP contribution in [0.3, 0.4) is 0 Å². The Hall–Kier alpha value is -4.45. The molecule has 6 nitrogen and oxygen atoms in total. The molecule has 4 aromatic carbocycles. The molecule has 0 unspecified atom stereocenters. The zero-order valence-electron chi connectivity index (χ0n) is 21.0. The highest BCUT2D eigenvalue weighted by Gasteiger charge is 2.14. The van der Waals surface area contributed by atoms with Gasteiger partial charge in [-0.15, -0.1) is 15.0 Å². The summed E-state index contributed by atoms with van der Waals surface area (Å²) >= 11 is 0. The lowest BCUT2D eigenvalue weighted by atomic mass is 10.0. The van der Waals surface area contributed by atoms with E-state index in [1.807, 2.05) is 79.7 Å². The molecule has 6 heteroatoms. The first-order valence-corrected chi connectivity index (χ1v) is 12.5. The summed E-state index contributed by atoms with van der Waals surface area (Å²) in [5.41, 5.74) is 7.38. The summed E-state index contributed by atoms with van der Waals surface area (Å²) in [6.45, 7) is 4.39. The standard InChI is InChI=1S/C31H29N3O3/c1-3-4-10-26-17-21(2)18-29(30(26)35)34-32-27-16-15-25(19-28(27)33-34)23-11-13-24(14-12-23)31(36)37-20-22-8-6-5-7-9-22/h5-9,11-19,35H,3-4,10,20H2,1-2H3. The lowest BCUT2D eigenvalue weighted by Crippen LogP contribution is -2.05. The molecule has 0 aliphatic rings. The number of phenolic OH excluding ortho intramolecular Hbond substituents is 1. The number of carbonyl (C=O) groups excluding carboxylic acids is 1. The highest BCUT2D eigenvalue weighted by atomic mass is 16.5. The molecule has 0 saturated heterocycles. The van der Waals surface area contributed by atoms with Gasteiger partial charge in [0.15, 0.2) is 0 Å². The molecule has 0 aliphatic heterocycles. The van der Waals surface area contributed by atoms with Gasteiger partial charge in [-0.3, -0.25) is 0 Å². The number of rotatable bonds is 8.